The highest BCUT2D eigenvalue weighted by molar-refractivity contribution is 9.10. The van der Waals surface area contributed by atoms with Crippen LogP contribution in [0.3, 0.4) is 0 Å². The summed E-state index contributed by atoms with van der Waals surface area (Å²) >= 11 is 4.84. The first kappa shape index (κ1) is 13.0. The van der Waals surface area contributed by atoms with Crippen molar-refractivity contribution in [2.24, 2.45) is 5.84 Å². The molecule has 0 radical (unpaired) electrons. The first-order chi connectivity index (χ1) is 8.67. The fraction of sp³-hybridized carbons (Fsp3) is 0.0909. The monoisotopic (exact) mass is 326 g/mol. The number of amides is 1. The molecule has 0 saturated carbocycles. The van der Waals surface area contributed by atoms with E-state index in [-0.39, 0.29) is 12.3 Å². The molecular weight excluding hydrogens is 316 g/mol. The topological polar surface area (TPSA) is 80.0 Å². The molecule has 2 aromatic rings. The van der Waals surface area contributed by atoms with Crippen LogP contribution in [0.1, 0.15) is 5.69 Å². The molecule has 0 fully saturated rings. The van der Waals surface area contributed by atoms with Gasteiger partial charge in [-0.1, -0.05) is 22.0 Å². The molecule has 94 valence electrons. The molecule has 0 aliphatic heterocycles. The zero-order valence-corrected chi connectivity index (χ0v) is 11.7. The zero-order valence-electron chi connectivity index (χ0n) is 9.31. The molecule has 0 saturated heterocycles. The summed E-state index contributed by atoms with van der Waals surface area (Å²) in [5.74, 6) is 4.77. The van der Waals surface area contributed by atoms with E-state index in [0.717, 1.165) is 15.3 Å². The van der Waals surface area contributed by atoms with E-state index in [1.165, 1.54) is 11.3 Å². The van der Waals surface area contributed by atoms with Crippen molar-refractivity contribution in [2.45, 2.75) is 6.42 Å². The summed E-state index contributed by atoms with van der Waals surface area (Å²) < 4.78 is 0.992. The van der Waals surface area contributed by atoms with Crippen LogP contribution in [0.25, 0.3) is 0 Å². The highest BCUT2D eigenvalue weighted by Gasteiger charge is 2.06. The van der Waals surface area contributed by atoms with Gasteiger partial charge in [-0.25, -0.2) is 10.8 Å². The van der Waals surface area contributed by atoms with Gasteiger partial charge in [-0.2, -0.15) is 0 Å². The van der Waals surface area contributed by atoms with E-state index in [1.807, 2.05) is 29.6 Å². The first-order valence-corrected chi connectivity index (χ1v) is 6.81. The van der Waals surface area contributed by atoms with Gasteiger partial charge in [0, 0.05) is 15.5 Å². The summed E-state index contributed by atoms with van der Waals surface area (Å²) in [4.78, 5) is 15.4. The molecule has 1 aromatic carbocycles. The van der Waals surface area contributed by atoms with E-state index in [4.69, 9.17) is 5.84 Å². The van der Waals surface area contributed by atoms with Gasteiger partial charge in [0.05, 0.1) is 12.1 Å². The maximum atomic E-state index is 11.1. The molecule has 0 bridgehead atoms. The molecule has 0 aliphatic rings. The van der Waals surface area contributed by atoms with E-state index in [2.05, 4.69) is 31.7 Å². The molecule has 1 heterocycles. The number of rotatable bonds is 4. The normalized spacial score (nSPS) is 10.1. The highest BCUT2D eigenvalue weighted by atomic mass is 79.9. The summed E-state index contributed by atoms with van der Waals surface area (Å²) in [6.45, 7) is 0. The Morgan fingerprint density at radius 2 is 2.33 bits per heavy atom. The molecule has 2 rings (SSSR count). The molecule has 5 nitrogen and oxygen atoms in total. The second-order valence-electron chi connectivity index (χ2n) is 3.52. The second kappa shape index (κ2) is 5.94. The lowest BCUT2D eigenvalue weighted by Crippen LogP contribution is -2.31. The van der Waals surface area contributed by atoms with Crippen LogP contribution in [0, 0.1) is 0 Å². The summed E-state index contributed by atoms with van der Waals surface area (Å²) in [6.07, 6.45) is 0.188. The maximum absolute atomic E-state index is 11.1. The van der Waals surface area contributed by atoms with Crippen LogP contribution in [0.2, 0.25) is 0 Å². The lowest BCUT2D eigenvalue weighted by Gasteiger charge is -2.02. The van der Waals surface area contributed by atoms with Crippen LogP contribution in [0.5, 0.6) is 0 Å². The largest absolute Gasteiger partial charge is 0.332 e. The summed E-state index contributed by atoms with van der Waals surface area (Å²) in [5.41, 5.74) is 3.71. The van der Waals surface area contributed by atoms with Crippen molar-refractivity contribution in [3.63, 3.8) is 0 Å². The lowest BCUT2D eigenvalue weighted by molar-refractivity contribution is -0.120. The number of nitrogens with zero attached hydrogens (tertiary/aromatic N) is 1. The van der Waals surface area contributed by atoms with Gasteiger partial charge in [-0.15, -0.1) is 11.3 Å². The van der Waals surface area contributed by atoms with Crippen LogP contribution in [-0.2, 0) is 11.2 Å². The molecule has 18 heavy (non-hydrogen) atoms. The van der Waals surface area contributed by atoms with Crippen molar-refractivity contribution in [2.75, 3.05) is 5.32 Å². The minimum absolute atomic E-state index is 0.188. The number of anilines is 2. The number of nitrogens with one attached hydrogen (secondary N) is 2. The molecule has 0 atom stereocenters. The summed E-state index contributed by atoms with van der Waals surface area (Å²) in [6, 6.07) is 7.78. The van der Waals surface area contributed by atoms with E-state index < -0.39 is 0 Å². The van der Waals surface area contributed by atoms with Crippen molar-refractivity contribution in [3.8, 4) is 0 Å². The van der Waals surface area contributed by atoms with Crippen LogP contribution in [-0.4, -0.2) is 10.9 Å². The summed E-state index contributed by atoms with van der Waals surface area (Å²) in [5, 5.41) is 5.74. The third-order valence-corrected chi connectivity index (χ3v) is 3.43. The van der Waals surface area contributed by atoms with Gasteiger partial charge in [0.1, 0.15) is 0 Å². The van der Waals surface area contributed by atoms with Gasteiger partial charge >= 0.3 is 0 Å². The van der Waals surface area contributed by atoms with Crippen LogP contribution < -0.4 is 16.6 Å². The van der Waals surface area contributed by atoms with Gasteiger partial charge < -0.3 is 5.32 Å². The smallest absolute Gasteiger partial charge is 0.239 e. The van der Waals surface area contributed by atoms with Crippen LogP contribution in [0.15, 0.2) is 34.1 Å². The zero-order chi connectivity index (χ0) is 13.0. The van der Waals surface area contributed by atoms with Gasteiger partial charge in [-0.05, 0) is 18.2 Å². The molecule has 0 unspecified atom stereocenters. The fourth-order valence-electron chi connectivity index (χ4n) is 1.35. The van der Waals surface area contributed by atoms with E-state index in [0.29, 0.717) is 5.69 Å². The van der Waals surface area contributed by atoms with E-state index in [1.54, 1.807) is 0 Å². The third kappa shape index (κ3) is 3.52. The predicted octanol–water partition coefficient (Wildman–Crippen LogP) is 2.18. The van der Waals surface area contributed by atoms with Gasteiger partial charge in [-0.3, -0.25) is 10.2 Å². The van der Waals surface area contributed by atoms with E-state index in [9.17, 15) is 4.79 Å². The number of carbonyl (C=O) groups excluding carboxylic acids is 1. The Kier molecular flexibility index (Phi) is 4.29. The Labute approximate surface area is 117 Å². The Morgan fingerprint density at radius 1 is 1.50 bits per heavy atom. The Balaban J connectivity index is 2.04. The van der Waals surface area contributed by atoms with Gasteiger partial charge in [0.2, 0.25) is 5.91 Å². The van der Waals surface area contributed by atoms with Crippen molar-refractivity contribution in [3.05, 3.63) is 39.8 Å². The van der Waals surface area contributed by atoms with Gasteiger partial charge in [0.25, 0.3) is 0 Å². The maximum Gasteiger partial charge on any atom is 0.239 e. The minimum Gasteiger partial charge on any atom is -0.332 e. The Morgan fingerprint density at radius 3 is 3.06 bits per heavy atom. The minimum atomic E-state index is -0.255. The molecular formula is C11H11BrN4OS. The average Bonchev–Trinajstić information content (AvgIpc) is 2.76. The third-order valence-electron chi connectivity index (χ3n) is 2.13. The summed E-state index contributed by atoms with van der Waals surface area (Å²) in [7, 11) is 0. The van der Waals surface area contributed by atoms with Gasteiger partial charge in [0.15, 0.2) is 5.13 Å². The first-order valence-electron chi connectivity index (χ1n) is 5.14. The second-order valence-corrected chi connectivity index (χ2v) is 5.30. The molecule has 1 amide bonds. The highest BCUT2D eigenvalue weighted by Crippen LogP contribution is 2.23. The number of nitrogens with two attached hydrogens (primary N) is 1. The number of hydrogen-bond acceptors (Lipinski definition) is 5. The van der Waals surface area contributed by atoms with Crippen molar-refractivity contribution in [1.29, 1.82) is 0 Å². The quantitative estimate of drug-likeness (QED) is 0.457. The van der Waals surface area contributed by atoms with Crippen molar-refractivity contribution >= 4 is 44.0 Å². The molecule has 4 N–H and O–H groups in total. The average molecular weight is 327 g/mol. The Bertz CT molecular complexity index is 557. The fourth-order valence-corrected chi connectivity index (χ4v) is 2.48. The van der Waals surface area contributed by atoms with E-state index >= 15 is 0 Å². The SMILES string of the molecule is NNC(=O)Cc1csc(Nc2cccc(Br)c2)n1. The molecule has 1 aromatic heterocycles. The number of hydrogen-bond donors (Lipinski definition) is 3. The Hall–Kier alpha value is -1.44. The van der Waals surface area contributed by atoms with Crippen LogP contribution in [0.4, 0.5) is 10.8 Å². The number of benzene rings is 1. The molecule has 0 aliphatic carbocycles. The van der Waals surface area contributed by atoms with Crippen molar-refractivity contribution in [1.82, 2.24) is 10.4 Å². The number of carbonyl (C=O) groups is 1. The number of hydrazine groups is 1. The van der Waals surface area contributed by atoms with Crippen molar-refractivity contribution < 1.29 is 4.79 Å². The number of aromatic nitrogens is 1. The molecule has 7 heteroatoms. The number of thiazole rings is 1. The number of halogens is 1. The van der Waals surface area contributed by atoms with Crippen LogP contribution >= 0.6 is 27.3 Å². The molecule has 0 spiro atoms. The predicted molar refractivity (Wildman–Crippen MR) is 75.6 cm³/mol. The standard InChI is InChI=1S/C11H11BrN4OS/c12-7-2-1-3-8(4-7)14-11-15-9(6-18-11)5-10(17)16-13/h1-4,6H,5,13H2,(H,14,15)(H,16,17). The lowest BCUT2D eigenvalue weighted by atomic mass is 10.3.